The average Bonchev–Trinajstić information content (AvgIpc) is 2.30. The Kier molecular flexibility index (Phi) is 3.38. The monoisotopic (exact) mass is 233 g/mol. The number of ether oxygens (including phenoxy) is 1. The second kappa shape index (κ2) is 4.80. The van der Waals surface area contributed by atoms with E-state index in [1.54, 1.807) is 6.08 Å². The van der Waals surface area contributed by atoms with Crippen molar-refractivity contribution in [3.63, 3.8) is 0 Å². The van der Waals surface area contributed by atoms with E-state index in [0.29, 0.717) is 0 Å². The Morgan fingerprint density at radius 1 is 1.35 bits per heavy atom. The lowest BCUT2D eigenvalue weighted by Gasteiger charge is -2.29. The molecule has 17 heavy (non-hydrogen) atoms. The summed E-state index contributed by atoms with van der Waals surface area (Å²) in [4.78, 5) is 2.33. The van der Waals surface area contributed by atoms with Crippen LogP contribution in [0.3, 0.4) is 0 Å². The van der Waals surface area contributed by atoms with Gasteiger partial charge in [-0.1, -0.05) is 26.0 Å². The van der Waals surface area contributed by atoms with Crippen LogP contribution in [0.15, 0.2) is 47.2 Å². The molecule has 0 aromatic carbocycles. The van der Waals surface area contributed by atoms with Gasteiger partial charge in [-0.25, -0.2) is 0 Å². The first kappa shape index (κ1) is 12.0. The molecule has 0 amide bonds. The summed E-state index contributed by atoms with van der Waals surface area (Å²) in [5.41, 5.74) is 2.10. The lowest BCUT2D eigenvalue weighted by atomic mass is 9.97. The highest BCUT2D eigenvalue weighted by atomic mass is 16.6. The zero-order chi connectivity index (χ0) is 12.4. The molecule has 0 saturated heterocycles. The molecule has 2 rings (SSSR count). The molecule has 0 radical (unpaired) electrons. The Morgan fingerprint density at radius 2 is 2.06 bits per heavy atom. The van der Waals surface area contributed by atoms with Crippen molar-refractivity contribution in [2.45, 2.75) is 26.8 Å². The van der Waals surface area contributed by atoms with Gasteiger partial charge in [-0.05, 0) is 31.7 Å². The number of likely N-dealkylation sites (N-methyl/N-ethyl adjacent to an activating group) is 1. The molecule has 3 heteroatoms. The van der Waals surface area contributed by atoms with Crippen molar-refractivity contribution in [3.8, 4) is 0 Å². The first-order valence-corrected chi connectivity index (χ1v) is 6.09. The van der Waals surface area contributed by atoms with Crippen LogP contribution in [-0.4, -0.2) is 29.1 Å². The number of hydrogen-bond acceptors (Lipinski definition) is 3. The van der Waals surface area contributed by atoms with Gasteiger partial charge in [0.25, 0.3) is 5.95 Å². The lowest BCUT2D eigenvalue weighted by Crippen LogP contribution is -2.33. The maximum Gasteiger partial charge on any atom is 0.282 e. The summed E-state index contributed by atoms with van der Waals surface area (Å²) in [5.74, 6) is 0.744. The van der Waals surface area contributed by atoms with Crippen molar-refractivity contribution in [1.29, 1.82) is 0 Å². The molecule has 1 aliphatic carbocycles. The summed E-state index contributed by atoms with van der Waals surface area (Å²) < 4.78 is 5.37. The van der Waals surface area contributed by atoms with Gasteiger partial charge in [-0.15, -0.1) is 0 Å². The van der Waals surface area contributed by atoms with E-state index in [0.717, 1.165) is 30.0 Å². The van der Waals surface area contributed by atoms with Gasteiger partial charge in [0.15, 0.2) is 0 Å². The van der Waals surface area contributed by atoms with E-state index in [1.807, 2.05) is 6.92 Å². The van der Waals surface area contributed by atoms with Crippen LogP contribution < -0.4 is 0 Å². The third-order valence-electron chi connectivity index (χ3n) is 3.26. The summed E-state index contributed by atoms with van der Waals surface area (Å²) in [6.45, 7) is 8.26. The Labute approximate surface area is 102 Å². The third-order valence-corrected chi connectivity index (χ3v) is 3.26. The van der Waals surface area contributed by atoms with E-state index < -0.39 is 0 Å². The maximum atomic E-state index is 9.48. The number of aliphatic hydroxyl groups is 1. The fourth-order valence-corrected chi connectivity index (χ4v) is 2.27. The Morgan fingerprint density at radius 3 is 2.71 bits per heavy atom. The molecular weight excluding hydrogens is 214 g/mol. The summed E-state index contributed by atoms with van der Waals surface area (Å²) in [5, 5.41) is 9.48. The molecule has 1 unspecified atom stereocenters. The van der Waals surface area contributed by atoms with Crippen LogP contribution in [0, 0.1) is 0 Å². The van der Waals surface area contributed by atoms with Crippen LogP contribution in [0.1, 0.15) is 20.8 Å². The molecule has 0 spiro atoms. The summed E-state index contributed by atoms with van der Waals surface area (Å²) >= 11 is 0. The van der Waals surface area contributed by atoms with Crippen LogP contribution in [0.25, 0.3) is 0 Å². The number of hydrogen-bond donors (Lipinski definition) is 1. The molecule has 0 saturated carbocycles. The SMILES string of the molecule is CCN(CC)C1C=CC2=C(C)C=C(O)OC2=C1. The molecule has 0 bridgehead atoms. The smallest absolute Gasteiger partial charge is 0.282 e. The van der Waals surface area contributed by atoms with Crippen molar-refractivity contribution in [1.82, 2.24) is 4.90 Å². The van der Waals surface area contributed by atoms with Gasteiger partial charge < -0.3 is 9.84 Å². The van der Waals surface area contributed by atoms with E-state index in [1.165, 1.54) is 0 Å². The Hall–Kier alpha value is -1.48. The first-order valence-electron chi connectivity index (χ1n) is 6.09. The summed E-state index contributed by atoms with van der Waals surface area (Å²) in [6.07, 6.45) is 7.97. The minimum atomic E-state index is -0.0221. The zero-order valence-electron chi connectivity index (χ0n) is 10.6. The van der Waals surface area contributed by atoms with Crippen LogP contribution in [0.2, 0.25) is 0 Å². The molecule has 0 aromatic heterocycles. The van der Waals surface area contributed by atoms with Crippen LogP contribution >= 0.6 is 0 Å². The van der Waals surface area contributed by atoms with Crippen LogP contribution in [0.4, 0.5) is 0 Å². The molecule has 1 atom stereocenters. The van der Waals surface area contributed by atoms with E-state index in [4.69, 9.17) is 4.74 Å². The van der Waals surface area contributed by atoms with Gasteiger partial charge in [0.2, 0.25) is 0 Å². The highest BCUT2D eigenvalue weighted by Gasteiger charge is 2.22. The summed E-state index contributed by atoms with van der Waals surface area (Å²) in [6, 6.07) is 0.252. The van der Waals surface area contributed by atoms with Crippen molar-refractivity contribution < 1.29 is 9.84 Å². The molecule has 1 heterocycles. The predicted octanol–water partition coefficient (Wildman–Crippen LogP) is 2.90. The fourth-order valence-electron chi connectivity index (χ4n) is 2.27. The van der Waals surface area contributed by atoms with Gasteiger partial charge in [-0.3, -0.25) is 4.90 Å². The number of nitrogens with zero attached hydrogens (tertiary/aromatic N) is 1. The molecule has 3 nitrogen and oxygen atoms in total. The second-order valence-corrected chi connectivity index (χ2v) is 4.28. The number of rotatable bonds is 3. The standard InChI is InChI=1S/C14H19NO2/c1-4-15(5-2)11-6-7-12-10(3)8-14(16)17-13(12)9-11/h6-9,11,16H,4-5H2,1-3H3. The highest BCUT2D eigenvalue weighted by Crippen LogP contribution is 2.30. The second-order valence-electron chi connectivity index (χ2n) is 4.28. The summed E-state index contributed by atoms with van der Waals surface area (Å²) in [7, 11) is 0. The number of aliphatic hydroxyl groups excluding tert-OH is 1. The van der Waals surface area contributed by atoms with Crippen molar-refractivity contribution >= 4 is 0 Å². The minimum absolute atomic E-state index is 0.0221. The van der Waals surface area contributed by atoms with Crippen LogP contribution in [0.5, 0.6) is 0 Å². The first-order chi connectivity index (χ1) is 8.15. The molecule has 92 valence electrons. The van der Waals surface area contributed by atoms with E-state index in [2.05, 4.69) is 37.0 Å². The van der Waals surface area contributed by atoms with Gasteiger partial charge in [0.1, 0.15) is 5.76 Å². The average molecular weight is 233 g/mol. The predicted molar refractivity (Wildman–Crippen MR) is 68.4 cm³/mol. The molecule has 0 fully saturated rings. The molecule has 1 N–H and O–H groups in total. The topological polar surface area (TPSA) is 32.7 Å². The van der Waals surface area contributed by atoms with Gasteiger partial charge in [0, 0.05) is 11.6 Å². The van der Waals surface area contributed by atoms with Crippen LogP contribution in [-0.2, 0) is 4.74 Å². The van der Waals surface area contributed by atoms with Crippen molar-refractivity contribution in [3.05, 3.63) is 47.2 Å². The normalized spacial score (nSPS) is 23.2. The van der Waals surface area contributed by atoms with E-state index in [9.17, 15) is 5.11 Å². The number of fused-ring (bicyclic) bond motifs is 1. The molecule has 1 aliphatic heterocycles. The quantitative estimate of drug-likeness (QED) is 0.813. The Bertz CT molecular complexity index is 426. The molecule has 0 aromatic rings. The van der Waals surface area contributed by atoms with E-state index in [-0.39, 0.29) is 12.0 Å². The number of allylic oxidation sites excluding steroid dienone is 3. The molecule has 2 aliphatic rings. The molecular formula is C14H19NO2. The minimum Gasteiger partial charge on any atom is -0.481 e. The van der Waals surface area contributed by atoms with Crippen molar-refractivity contribution in [2.75, 3.05) is 13.1 Å². The Balaban J connectivity index is 2.28. The van der Waals surface area contributed by atoms with Crippen molar-refractivity contribution in [2.24, 2.45) is 0 Å². The lowest BCUT2D eigenvalue weighted by molar-refractivity contribution is 0.144. The highest BCUT2D eigenvalue weighted by molar-refractivity contribution is 5.50. The van der Waals surface area contributed by atoms with Gasteiger partial charge in [-0.2, -0.15) is 0 Å². The van der Waals surface area contributed by atoms with Gasteiger partial charge in [0.05, 0.1) is 6.04 Å². The fraction of sp³-hybridized carbons (Fsp3) is 0.429. The van der Waals surface area contributed by atoms with E-state index >= 15 is 0 Å². The third kappa shape index (κ3) is 2.29. The zero-order valence-corrected chi connectivity index (χ0v) is 10.6. The van der Waals surface area contributed by atoms with Gasteiger partial charge >= 0.3 is 0 Å². The maximum absolute atomic E-state index is 9.48. The largest absolute Gasteiger partial charge is 0.481 e.